The predicted molar refractivity (Wildman–Crippen MR) is 252 cm³/mol. The van der Waals surface area contributed by atoms with E-state index in [1.54, 1.807) is 0 Å². The van der Waals surface area contributed by atoms with Crippen molar-refractivity contribution in [3.63, 3.8) is 0 Å². The Morgan fingerprint density at radius 1 is 0.619 bits per heavy atom. The van der Waals surface area contributed by atoms with Gasteiger partial charge in [-0.15, -0.1) is 0 Å². The number of esters is 3. The van der Waals surface area contributed by atoms with Gasteiger partial charge in [-0.1, -0.05) is 85.0 Å². The summed E-state index contributed by atoms with van der Waals surface area (Å²) in [5.74, 6) is -0.528. The number of carbonyl (C=O) groups excluding carboxylic acids is 5. The molecular formula is C51H88IN2O8S-. The second-order valence-corrected chi connectivity index (χ2v) is 22.6. The molecule has 0 N–H and O–H groups in total. The van der Waals surface area contributed by atoms with E-state index in [4.69, 9.17) is 14.2 Å². The number of thiophene rings is 1. The Morgan fingerprint density at radius 2 is 1.14 bits per heavy atom. The van der Waals surface area contributed by atoms with Crippen molar-refractivity contribution >= 4 is 38.9 Å². The summed E-state index contributed by atoms with van der Waals surface area (Å²) in [4.78, 5) is 70.3. The number of hydrogen-bond acceptors (Lipinski definition) is 10. The Balaban J connectivity index is 1.85. The Hall–Kier alpha value is -2.06. The minimum atomic E-state index is -1.12. The molecule has 0 saturated heterocycles. The zero-order valence-corrected chi connectivity index (χ0v) is 43.5. The first-order chi connectivity index (χ1) is 30.6. The van der Waals surface area contributed by atoms with E-state index < -0.39 is 21.2 Å². The molecule has 1 amide bonds. The van der Waals surface area contributed by atoms with E-state index in [-0.39, 0.29) is 33.7 Å². The van der Waals surface area contributed by atoms with E-state index in [1.165, 1.54) is 94.8 Å². The van der Waals surface area contributed by atoms with Gasteiger partial charge in [0.05, 0.1) is 6.61 Å². The van der Waals surface area contributed by atoms with Crippen molar-refractivity contribution in [2.45, 2.75) is 232 Å². The molecule has 0 spiro atoms. The molecule has 1 aromatic heterocycles. The average Bonchev–Trinajstić information content (AvgIpc) is 3.62. The van der Waals surface area contributed by atoms with Crippen LogP contribution >= 0.6 is 11.3 Å². The van der Waals surface area contributed by atoms with E-state index in [0.29, 0.717) is 76.8 Å². The molecule has 1 aromatic rings. The Labute approximate surface area is 397 Å². The molecule has 0 bridgehead atoms. The maximum atomic E-state index is 13.6. The average molecular weight is 1020 g/mol. The van der Waals surface area contributed by atoms with Crippen molar-refractivity contribution in [3.8, 4) is 0 Å². The SMILES string of the molecule is CCCCCCCCCOC(=O)CCCCCCC(=O)N1CCc2c(sc([I-]C(=O)CCCCC(=O)OC(CCCCCC)CCCCCCCC)c2C(=O)OCCCN(C)C)C1. The summed E-state index contributed by atoms with van der Waals surface area (Å²) in [7, 11) is 3.98. The Bertz CT molecular complexity index is 1420. The summed E-state index contributed by atoms with van der Waals surface area (Å²) in [5.41, 5.74) is 1.50. The van der Waals surface area contributed by atoms with Crippen LogP contribution in [0.2, 0.25) is 0 Å². The third kappa shape index (κ3) is 27.2. The molecule has 0 aliphatic carbocycles. The number of amides is 1. The first kappa shape index (κ1) is 57.1. The Morgan fingerprint density at radius 3 is 1.79 bits per heavy atom. The molecule has 10 nitrogen and oxygen atoms in total. The molecule has 0 radical (unpaired) electrons. The second-order valence-electron chi connectivity index (χ2n) is 17.9. The van der Waals surface area contributed by atoms with Crippen LogP contribution in [-0.2, 0) is 46.4 Å². The Kier molecular flexibility index (Phi) is 33.6. The molecule has 1 aliphatic rings. The summed E-state index contributed by atoms with van der Waals surface area (Å²) in [6.07, 6.45) is 29.6. The quantitative estimate of drug-likeness (QED) is 0.0208. The van der Waals surface area contributed by atoms with Gasteiger partial charge in [0.2, 0.25) is 0 Å². The molecule has 1 aliphatic heterocycles. The number of halogens is 1. The van der Waals surface area contributed by atoms with Gasteiger partial charge in [-0.3, -0.25) is 4.79 Å². The van der Waals surface area contributed by atoms with Gasteiger partial charge < -0.3 is 4.74 Å². The molecule has 0 fully saturated rings. The molecule has 0 aromatic carbocycles. The fourth-order valence-corrected chi connectivity index (χ4v) is 12.8. The summed E-state index contributed by atoms with van der Waals surface area (Å²) in [5, 5.41) is 0. The molecule has 1 unspecified atom stereocenters. The van der Waals surface area contributed by atoms with E-state index in [1.807, 2.05) is 19.0 Å². The fourth-order valence-electron chi connectivity index (χ4n) is 7.98. The number of nitrogens with zero attached hydrogens (tertiary/aromatic N) is 2. The normalized spacial score (nSPS) is 13.0. The molecule has 364 valence electrons. The number of ether oxygens (including phenoxy) is 3. The van der Waals surface area contributed by atoms with Crippen molar-refractivity contribution in [1.82, 2.24) is 9.80 Å². The fraction of sp³-hybridized carbons (Fsp3) is 0.824. The third-order valence-electron chi connectivity index (χ3n) is 11.8. The summed E-state index contributed by atoms with van der Waals surface area (Å²) >= 11 is 0.396. The number of hydrogen-bond donors (Lipinski definition) is 0. The topological polar surface area (TPSA) is 120 Å². The summed E-state index contributed by atoms with van der Waals surface area (Å²) in [6.45, 7) is 9.28. The zero-order valence-electron chi connectivity index (χ0n) is 40.5. The van der Waals surface area contributed by atoms with Crippen molar-refractivity contribution < 1.29 is 59.4 Å². The van der Waals surface area contributed by atoms with Crippen LogP contribution in [0.5, 0.6) is 0 Å². The van der Waals surface area contributed by atoms with E-state index in [2.05, 4.69) is 25.7 Å². The second kappa shape index (κ2) is 37.1. The van der Waals surface area contributed by atoms with Crippen LogP contribution < -0.4 is 21.2 Å². The van der Waals surface area contributed by atoms with E-state index in [0.717, 1.165) is 90.5 Å². The number of rotatable bonds is 40. The monoisotopic (exact) mass is 1020 g/mol. The standard InChI is InChI=1S/C51H88IN2O8S/c1-6-9-12-15-17-21-28-39-60-47(57)34-25-20-19-24-33-46(56)54-38-36-43-44(41-54)63-50(49(43)51(59)61-40-29-37-53(4)5)52-45(55)32-26-27-35-48(58)62-42(30-22-14-11-8-3)31-23-18-16-13-10-7-2/h42H,6-41H2,1-5H3/q-1. The summed E-state index contributed by atoms with van der Waals surface area (Å²) < 4.78 is 18.1. The van der Waals surface area contributed by atoms with Crippen LogP contribution in [-0.4, -0.2) is 83.9 Å². The molecule has 0 saturated carbocycles. The van der Waals surface area contributed by atoms with E-state index in [9.17, 15) is 24.0 Å². The van der Waals surface area contributed by atoms with Crippen molar-refractivity contribution in [2.75, 3.05) is 40.4 Å². The van der Waals surface area contributed by atoms with Crippen LogP contribution in [0.1, 0.15) is 234 Å². The molecule has 12 heteroatoms. The van der Waals surface area contributed by atoms with Gasteiger partial charge in [-0.2, -0.15) is 0 Å². The van der Waals surface area contributed by atoms with Gasteiger partial charge in [0.1, 0.15) is 0 Å². The van der Waals surface area contributed by atoms with Gasteiger partial charge in [0.15, 0.2) is 0 Å². The van der Waals surface area contributed by atoms with Gasteiger partial charge in [0.25, 0.3) is 0 Å². The minimum absolute atomic E-state index is 0.0110. The first-order valence-corrected chi connectivity index (χ1v) is 28.3. The first-order valence-electron chi connectivity index (χ1n) is 25.4. The molecular weight excluding hydrogens is 928 g/mol. The number of unbranched alkanes of at least 4 members (excludes halogenated alkanes) is 18. The zero-order chi connectivity index (χ0) is 45.9. The van der Waals surface area contributed by atoms with Gasteiger partial charge in [-0.25, -0.2) is 0 Å². The maximum absolute atomic E-state index is 13.6. The van der Waals surface area contributed by atoms with Crippen molar-refractivity contribution in [2.24, 2.45) is 0 Å². The van der Waals surface area contributed by atoms with Gasteiger partial charge >= 0.3 is 292 Å². The summed E-state index contributed by atoms with van der Waals surface area (Å²) in [6, 6.07) is 0. The predicted octanol–water partition coefficient (Wildman–Crippen LogP) is 9.35. The third-order valence-corrected chi connectivity index (χ3v) is 16.2. The van der Waals surface area contributed by atoms with Crippen LogP contribution in [0, 0.1) is 2.88 Å². The van der Waals surface area contributed by atoms with E-state index >= 15 is 0 Å². The molecule has 63 heavy (non-hydrogen) atoms. The van der Waals surface area contributed by atoms with Gasteiger partial charge in [0, 0.05) is 0 Å². The molecule has 1 atom stereocenters. The van der Waals surface area contributed by atoms with Crippen LogP contribution in [0.3, 0.4) is 0 Å². The van der Waals surface area contributed by atoms with Crippen molar-refractivity contribution in [3.05, 3.63) is 18.9 Å². The van der Waals surface area contributed by atoms with Crippen LogP contribution in [0.25, 0.3) is 0 Å². The van der Waals surface area contributed by atoms with Crippen LogP contribution in [0.15, 0.2) is 0 Å². The molecule has 2 rings (SSSR count). The molecule has 2 heterocycles. The van der Waals surface area contributed by atoms with Crippen LogP contribution in [0.4, 0.5) is 0 Å². The van der Waals surface area contributed by atoms with Crippen molar-refractivity contribution in [1.29, 1.82) is 0 Å². The number of fused-ring (bicyclic) bond motifs is 1. The van der Waals surface area contributed by atoms with Gasteiger partial charge in [-0.05, 0) is 6.42 Å². The number of carbonyl (C=O) groups is 5.